The number of hydrogen-bond acceptors (Lipinski definition) is 5. The standard InChI is InChI=1S/C24H26F2N6/c1-15-30-20-10-16(6-9-21(20)32(15)5)22-19(8-7-18(12-28)31-22)17(11-27)13-29-14-23(2,3)24(4,25)26/h6-11,13,27,29H,14H2,1-5H3/b17-13+,27-11?. The van der Waals surface area contributed by atoms with E-state index in [1.807, 2.05) is 42.8 Å². The summed E-state index contributed by atoms with van der Waals surface area (Å²) in [5, 5.41) is 20.2. The van der Waals surface area contributed by atoms with Gasteiger partial charge >= 0.3 is 0 Å². The number of imidazole rings is 1. The molecule has 0 saturated carbocycles. The molecule has 0 unspecified atom stereocenters. The SMILES string of the molecule is Cc1nc2cc(-c3nc(C#N)ccc3/C(C=N)=C/NCC(C)(C)C(C)(F)F)ccc2n1C. The van der Waals surface area contributed by atoms with E-state index in [0.717, 1.165) is 35.6 Å². The number of benzene rings is 1. The van der Waals surface area contributed by atoms with E-state index in [4.69, 9.17) is 5.41 Å². The lowest BCUT2D eigenvalue weighted by molar-refractivity contribution is -0.0856. The first kappa shape index (κ1) is 23.1. The number of nitriles is 1. The predicted octanol–water partition coefficient (Wildman–Crippen LogP) is 5.08. The second-order valence-electron chi connectivity index (χ2n) is 8.52. The Morgan fingerprint density at radius 3 is 2.56 bits per heavy atom. The van der Waals surface area contributed by atoms with E-state index in [1.54, 1.807) is 12.1 Å². The fraction of sp³-hybridized carbons (Fsp3) is 0.333. The summed E-state index contributed by atoms with van der Waals surface area (Å²) in [6.07, 6.45) is 2.68. The maximum atomic E-state index is 13.8. The number of nitrogens with zero attached hydrogens (tertiary/aromatic N) is 4. The molecule has 2 aromatic heterocycles. The quantitative estimate of drug-likeness (QED) is 0.506. The molecule has 6 nitrogen and oxygen atoms in total. The van der Waals surface area contributed by atoms with Crippen molar-refractivity contribution in [1.82, 2.24) is 19.9 Å². The largest absolute Gasteiger partial charge is 0.390 e. The second kappa shape index (κ2) is 8.50. The lowest BCUT2D eigenvalue weighted by Crippen LogP contribution is -2.40. The summed E-state index contributed by atoms with van der Waals surface area (Å²) >= 11 is 0. The van der Waals surface area contributed by atoms with Crippen molar-refractivity contribution in [3.05, 3.63) is 53.6 Å². The monoisotopic (exact) mass is 436 g/mol. The first-order valence-corrected chi connectivity index (χ1v) is 10.2. The van der Waals surface area contributed by atoms with E-state index in [-0.39, 0.29) is 12.2 Å². The van der Waals surface area contributed by atoms with Gasteiger partial charge in [0.15, 0.2) is 0 Å². The first-order valence-electron chi connectivity index (χ1n) is 10.2. The van der Waals surface area contributed by atoms with Gasteiger partial charge in [0.05, 0.1) is 16.7 Å². The Balaban J connectivity index is 2.05. The molecule has 166 valence electrons. The molecule has 0 radical (unpaired) electrons. The van der Waals surface area contributed by atoms with Crippen molar-refractivity contribution < 1.29 is 8.78 Å². The number of aryl methyl sites for hydroxylation is 2. The highest BCUT2D eigenvalue weighted by Gasteiger charge is 2.41. The molecule has 0 saturated heterocycles. The van der Waals surface area contributed by atoms with Gasteiger partial charge in [0.1, 0.15) is 17.6 Å². The lowest BCUT2D eigenvalue weighted by atomic mass is 9.86. The molecule has 0 spiro atoms. The number of allylic oxidation sites excluding steroid dienone is 1. The number of alkyl halides is 2. The molecule has 0 amide bonds. The van der Waals surface area contributed by atoms with Crippen LogP contribution in [0.2, 0.25) is 0 Å². The zero-order chi connectivity index (χ0) is 23.7. The molecule has 2 N–H and O–H groups in total. The summed E-state index contributed by atoms with van der Waals surface area (Å²) in [6, 6.07) is 11.1. The molecule has 0 bridgehead atoms. The Morgan fingerprint density at radius 1 is 1.22 bits per heavy atom. The molecule has 3 rings (SSSR count). The van der Waals surface area contributed by atoms with E-state index < -0.39 is 11.3 Å². The van der Waals surface area contributed by atoms with Crippen LogP contribution in [0.3, 0.4) is 0 Å². The van der Waals surface area contributed by atoms with Crippen LogP contribution in [0.25, 0.3) is 27.9 Å². The molecule has 0 fully saturated rings. The third-order valence-electron chi connectivity index (χ3n) is 5.84. The maximum Gasteiger partial charge on any atom is 0.252 e. The summed E-state index contributed by atoms with van der Waals surface area (Å²) in [5.41, 5.74) is 3.07. The molecule has 0 aliphatic rings. The van der Waals surface area contributed by atoms with E-state index >= 15 is 0 Å². The summed E-state index contributed by atoms with van der Waals surface area (Å²) in [6.45, 7) is 5.80. The number of hydrogen-bond donors (Lipinski definition) is 2. The molecule has 32 heavy (non-hydrogen) atoms. The number of fused-ring (bicyclic) bond motifs is 1. The molecule has 0 aliphatic heterocycles. The second-order valence-corrected chi connectivity index (χ2v) is 8.52. The number of aromatic nitrogens is 3. The Morgan fingerprint density at radius 2 is 1.94 bits per heavy atom. The Labute approximate surface area is 186 Å². The smallest absolute Gasteiger partial charge is 0.252 e. The minimum Gasteiger partial charge on any atom is -0.390 e. The number of nitrogens with one attached hydrogen (secondary N) is 2. The van der Waals surface area contributed by atoms with Crippen molar-refractivity contribution in [3.8, 4) is 17.3 Å². The van der Waals surface area contributed by atoms with Gasteiger partial charge in [0.25, 0.3) is 5.92 Å². The van der Waals surface area contributed by atoms with Crippen LogP contribution in [-0.4, -0.2) is 33.2 Å². The highest BCUT2D eigenvalue weighted by molar-refractivity contribution is 6.10. The Hall–Kier alpha value is -3.60. The van der Waals surface area contributed by atoms with Gasteiger partial charge in [0, 0.05) is 48.1 Å². The zero-order valence-corrected chi connectivity index (χ0v) is 18.8. The summed E-state index contributed by atoms with van der Waals surface area (Å²) in [5.74, 6) is -1.99. The third-order valence-corrected chi connectivity index (χ3v) is 5.84. The average Bonchev–Trinajstić information content (AvgIpc) is 3.03. The van der Waals surface area contributed by atoms with Crippen molar-refractivity contribution in [1.29, 1.82) is 10.7 Å². The number of halogens is 2. The van der Waals surface area contributed by atoms with Gasteiger partial charge in [-0.15, -0.1) is 0 Å². The third kappa shape index (κ3) is 4.37. The van der Waals surface area contributed by atoms with Gasteiger partial charge in [-0.25, -0.2) is 18.7 Å². The van der Waals surface area contributed by atoms with E-state index in [0.29, 0.717) is 16.8 Å². The minimum absolute atomic E-state index is 0.0199. The molecule has 0 aliphatic carbocycles. The van der Waals surface area contributed by atoms with Crippen LogP contribution in [0.5, 0.6) is 0 Å². The van der Waals surface area contributed by atoms with Crippen LogP contribution < -0.4 is 5.32 Å². The van der Waals surface area contributed by atoms with Crippen molar-refractivity contribution in [2.45, 2.75) is 33.6 Å². The van der Waals surface area contributed by atoms with Gasteiger partial charge in [-0.3, -0.25) is 0 Å². The topological polar surface area (TPSA) is 90.4 Å². The van der Waals surface area contributed by atoms with Gasteiger partial charge in [-0.2, -0.15) is 5.26 Å². The maximum absolute atomic E-state index is 13.8. The van der Waals surface area contributed by atoms with Crippen molar-refractivity contribution in [2.24, 2.45) is 12.5 Å². The number of rotatable bonds is 7. The molecule has 0 atom stereocenters. The molecule has 2 heterocycles. The van der Waals surface area contributed by atoms with Crippen LogP contribution in [0.4, 0.5) is 8.78 Å². The molecule has 1 aromatic carbocycles. The highest BCUT2D eigenvalue weighted by atomic mass is 19.3. The predicted molar refractivity (Wildman–Crippen MR) is 123 cm³/mol. The highest BCUT2D eigenvalue weighted by Crippen LogP contribution is 2.35. The molecule has 3 aromatic rings. The van der Waals surface area contributed by atoms with Crippen molar-refractivity contribution in [2.75, 3.05) is 6.54 Å². The minimum atomic E-state index is -2.87. The Bertz CT molecular complexity index is 1240. The molecule has 8 heteroatoms. The van der Waals surface area contributed by atoms with Crippen molar-refractivity contribution >= 4 is 22.8 Å². The van der Waals surface area contributed by atoms with Gasteiger partial charge < -0.3 is 15.3 Å². The van der Waals surface area contributed by atoms with Crippen LogP contribution in [0.1, 0.15) is 37.9 Å². The summed E-state index contributed by atoms with van der Waals surface area (Å²) < 4.78 is 29.6. The zero-order valence-electron chi connectivity index (χ0n) is 18.8. The lowest BCUT2D eigenvalue weighted by Gasteiger charge is -2.31. The van der Waals surface area contributed by atoms with Gasteiger partial charge in [0.2, 0.25) is 0 Å². The normalized spacial score (nSPS) is 12.6. The van der Waals surface area contributed by atoms with Crippen molar-refractivity contribution in [3.63, 3.8) is 0 Å². The average molecular weight is 437 g/mol. The van der Waals surface area contributed by atoms with Gasteiger partial charge in [-0.05, 0) is 38.1 Å². The molecular formula is C24H26F2N6. The summed E-state index contributed by atoms with van der Waals surface area (Å²) in [7, 11) is 1.94. The fourth-order valence-corrected chi connectivity index (χ4v) is 3.21. The first-order chi connectivity index (χ1) is 15.0. The van der Waals surface area contributed by atoms with Crippen LogP contribution in [0.15, 0.2) is 36.5 Å². The molecular weight excluding hydrogens is 410 g/mol. The number of pyridine rings is 1. The van der Waals surface area contributed by atoms with Gasteiger partial charge in [-0.1, -0.05) is 19.9 Å². The van der Waals surface area contributed by atoms with E-state index in [9.17, 15) is 14.0 Å². The van der Waals surface area contributed by atoms with E-state index in [2.05, 4.69) is 15.3 Å². The van der Waals surface area contributed by atoms with E-state index in [1.165, 1.54) is 20.0 Å². The van der Waals surface area contributed by atoms with Crippen LogP contribution >= 0.6 is 0 Å². The Kier molecular flexibility index (Phi) is 6.13. The summed E-state index contributed by atoms with van der Waals surface area (Å²) in [4.78, 5) is 9.04. The van der Waals surface area contributed by atoms with Crippen LogP contribution in [0, 0.1) is 29.1 Å². The fourth-order valence-electron chi connectivity index (χ4n) is 3.21. The van der Waals surface area contributed by atoms with Crippen LogP contribution in [-0.2, 0) is 7.05 Å².